The minimum Gasteiger partial charge on any atom is -0.394 e. The van der Waals surface area contributed by atoms with Crippen LogP contribution in [0.3, 0.4) is 0 Å². The number of aliphatic hydroxyl groups excluding tert-OH is 4. The van der Waals surface area contributed by atoms with Gasteiger partial charge in [-0.2, -0.15) is 0 Å². The average Bonchev–Trinajstić information content (AvgIpc) is 2.30. The van der Waals surface area contributed by atoms with Gasteiger partial charge in [0, 0.05) is 13.5 Å². The monoisotopic (exact) mass is 237 g/mol. The van der Waals surface area contributed by atoms with Gasteiger partial charge in [0.05, 0.1) is 18.8 Å². The van der Waals surface area contributed by atoms with Gasteiger partial charge in [-0.1, -0.05) is 0 Å². The van der Waals surface area contributed by atoms with Crippen LogP contribution >= 0.6 is 0 Å². The molecule has 0 aromatic heterocycles. The zero-order chi connectivity index (χ0) is 12.3. The van der Waals surface area contributed by atoms with Crippen LogP contribution in [0.15, 0.2) is 0 Å². The first-order valence-corrected chi connectivity index (χ1v) is 5.10. The number of rotatable bonds is 4. The fourth-order valence-corrected chi connectivity index (χ4v) is 1.68. The van der Waals surface area contributed by atoms with Crippen LogP contribution in [0.4, 0.5) is 0 Å². The molecule has 1 rings (SSSR count). The van der Waals surface area contributed by atoms with Crippen LogP contribution in [-0.4, -0.2) is 70.9 Å². The molecule has 1 saturated heterocycles. The molecule has 16 heavy (non-hydrogen) atoms. The zero-order valence-corrected chi connectivity index (χ0v) is 9.06. The van der Waals surface area contributed by atoms with Crippen molar-refractivity contribution in [2.75, 3.05) is 13.7 Å². The number of aliphatic hydroxyl groups is 4. The Balaban J connectivity index is 2.68. The van der Waals surface area contributed by atoms with Crippen molar-refractivity contribution in [1.29, 1.82) is 0 Å². The number of nitrogens with two attached hydrogens (primary N) is 1. The third-order valence-corrected chi connectivity index (χ3v) is 2.75. The highest BCUT2D eigenvalue weighted by atomic mass is 16.7. The summed E-state index contributed by atoms with van der Waals surface area (Å²) in [6, 6.07) is -0.831. The molecular weight excluding hydrogens is 218 g/mol. The van der Waals surface area contributed by atoms with Crippen molar-refractivity contribution in [3.05, 3.63) is 0 Å². The summed E-state index contributed by atoms with van der Waals surface area (Å²) in [6.07, 6.45) is -5.07. The Morgan fingerprint density at radius 3 is 2.62 bits per heavy atom. The molecule has 1 fully saturated rings. The Morgan fingerprint density at radius 2 is 2.12 bits per heavy atom. The zero-order valence-electron chi connectivity index (χ0n) is 9.06. The second-order valence-electron chi connectivity index (χ2n) is 3.89. The largest absolute Gasteiger partial charge is 0.394 e. The average molecular weight is 237 g/mol. The van der Waals surface area contributed by atoms with Gasteiger partial charge in [0.15, 0.2) is 6.29 Å². The molecular formula is C9H19NO6. The van der Waals surface area contributed by atoms with Crippen LogP contribution < -0.4 is 5.73 Å². The lowest BCUT2D eigenvalue weighted by molar-refractivity contribution is -0.242. The van der Waals surface area contributed by atoms with Crippen molar-refractivity contribution >= 4 is 0 Å². The van der Waals surface area contributed by atoms with Gasteiger partial charge in [-0.25, -0.2) is 0 Å². The van der Waals surface area contributed by atoms with Crippen molar-refractivity contribution in [2.24, 2.45) is 5.73 Å². The van der Waals surface area contributed by atoms with Gasteiger partial charge >= 0.3 is 0 Å². The SMILES string of the molecule is CO[C@@H]1CC(O)[C@@H](N)C(C(O)C(O)CO)O1. The molecule has 0 aliphatic carbocycles. The van der Waals surface area contributed by atoms with E-state index in [0.717, 1.165) is 0 Å². The Morgan fingerprint density at radius 1 is 1.50 bits per heavy atom. The van der Waals surface area contributed by atoms with Gasteiger partial charge in [0.2, 0.25) is 0 Å². The molecule has 7 nitrogen and oxygen atoms in total. The minimum atomic E-state index is -1.37. The number of hydrogen-bond donors (Lipinski definition) is 5. The molecule has 6 atom stereocenters. The highest BCUT2D eigenvalue weighted by Crippen LogP contribution is 2.22. The summed E-state index contributed by atoms with van der Waals surface area (Å²) in [6.45, 7) is -0.610. The van der Waals surface area contributed by atoms with E-state index >= 15 is 0 Å². The molecule has 0 bridgehead atoms. The van der Waals surface area contributed by atoms with Crippen molar-refractivity contribution < 1.29 is 29.9 Å². The van der Waals surface area contributed by atoms with Gasteiger partial charge in [0.25, 0.3) is 0 Å². The van der Waals surface area contributed by atoms with Gasteiger partial charge in [0.1, 0.15) is 18.3 Å². The van der Waals surface area contributed by atoms with E-state index in [4.69, 9.17) is 20.3 Å². The Hall–Kier alpha value is -0.280. The quantitative estimate of drug-likeness (QED) is 0.356. The van der Waals surface area contributed by atoms with E-state index in [0.29, 0.717) is 0 Å². The van der Waals surface area contributed by atoms with E-state index in [1.807, 2.05) is 0 Å². The predicted octanol–water partition coefficient (Wildman–Crippen LogP) is -2.85. The first-order valence-electron chi connectivity index (χ1n) is 5.10. The lowest BCUT2D eigenvalue weighted by Gasteiger charge is -2.40. The Bertz CT molecular complexity index is 216. The molecule has 96 valence electrons. The maximum atomic E-state index is 9.66. The van der Waals surface area contributed by atoms with Crippen LogP contribution in [0.2, 0.25) is 0 Å². The van der Waals surface area contributed by atoms with Gasteiger partial charge in [-0.15, -0.1) is 0 Å². The molecule has 0 saturated carbocycles. The van der Waals surface area contributed by atoms with E-state index in [-0.39, 0.29) is 6.42 Å². The second kappa shape index (κ2) is 5.87. The fourth-order valence-electron chi connectivity index (χ4n) is 1.68. The summed E-state index contributed by atoms with van der Waals surface area (Å²) in [7, 11) is 1.40. The Labute approximate surface area is 93.4 Å². The summed E-state index contributed by atoms with van der Waals surface area (Å²) in [5.74, 6) is 0. The molecule has 7 heteroatoms. The molecule has 6 N–H and O–H groups in total. The lowest BCUT2D eigenvalue weighted by atomic mass is 9.93. The van der Waals surface area contributed by atoms with E-state index in [2.05, 4.69) is 0 Å². The summed E-state index contributed by atoms with van der Waals surface area (Å²) < 4.78 is 10.2. The Kier molecular flexibility index (Phi) is 5.06. The van der Waals surface area contributed by atoms with Crippen LogP contribution in [0, 0.1) is 0 Å². The standard InChI is InChI=1S/C9H19NO6/c1-15-6-2-4(12)7(10)9(16-6)8(14)5(13)3-11/h4-9,11-14H,2-3,10H2,1H3/t4?,5?,6-,7+,8?,9?/m0/s1. The van der Waals surface area contributed by atoms with E-state index < -0.39 is 43.4 Å². The van der Waals surface area contributed by atoms with Crippen LogP contribution in [0.1, 0.15) is 6.42 Å². The third kappa shape index (κ3) is 2.89. The molecule has 1 heterocycles. The molecule has 0 amide bonds. The summed E-state index contributed by atoms with van der Waals surface area (Å²) in [4.78, 5) is 0. The van der Waals surface area contributed by atoms with E-state index in [9.17, 15) is 15.3 Å². The van der Waals surface area contributed by atoms with Crippen molar-refractivity contribution in [2.45, 2.75) is 43.2 Å². The molecule has 0 aromatic carbocycles. The topological polar surface area (TPSA) is 125 Å². The van der Waals surface area contributed by atoms with Crippen molar-refractivity contribution in [1.82, 2.24) is 0 Å². The second-order valence-corrected chi connectivity index (χ2v) is 3.89. The predicted molar refractivity (Wildman–Crippen MR) is 53.4 cm³/mol. The molecule has 4 unspecified atom stereocenters. The maximum absolute atomic E-state index is 9.66. The van der Waals surface area contributed by atoms with Crippen molar-refractivity contribution in [3.63, 3.8) is 0 Å². The molecule has 1 aliphatic heterocycles. The lowest BCUT2D eigenvalue weighted by Crippen LogP contribution is -2.60. The van der Waals surface area contributed by atoms with E-state index in [1.165, 1.54) is 7.11 Å². The molecule has 1 aliphatic rings. The first-order chi connectivity index (χ1) is 7.51. The number of ether oxygens (including phenoxy) is 2. The molecule has 0 spiro atoms. The van der Waals surface area contributed by atoms with Gasteiger partial charge in [-0.3, -0.25) is 0 Å². The highest BCUT2D eigenvalue weighted by molar-refractivity contribution is 4.92. The normalized spacial score (nSPS) is 39.4. The van der Waals surface area contributed by atoms with E-state index in [1.54, 1.807) is 0 Å². The number of hydrogen-bond acceptors (Lipinski definition) is 7. The van der Waals surface area contributed by atoms with Crippen LogP contribution in [0.25, 0.3) is 0 Å². The van der Waals surface area contributed by atoms with Crippen molar-refractivity contribution in [3.8, 4) is 0 Å². The summed E-state index contributed by atoms with van der Waals surface area (Å²) in [5.41, 5.74) is 5.65. The fraction of sp³-hybridized carbons (Fsp3) is 1.00. The smallest absolute Gasteiger partial charge is 0.160 e. The van der Waals surface area contributed by atoms with Gasteiger partial charge < -0.3 is 35.6 Å². The summed E-state index contributed by atoms with van der Waals surface area (Å²) in [5, 5.41) is 37.3. The minimum absolute atomic E-state index is 0.204. The third-order valence-electron chi connectivity index (χ3n) is 2.75. The molecule has 0 radical (unpaired) electrons. The maximum Gasteiger partial charge on any atom is 0.160 e. The highest BCUT2D eigenvalue weighted by Gasteiger charge is 2.41. The molecule has 0 aromatic rings. The van der Waals surface area contributed by atoms with Crippen LogP contribution in [-0.2, 0) is 9.47 Å². The first kappa shape index (κ1) is 13.8. The van der Waals surface area contributed by atoms with Gasteiger partial charge in [-0.05, 0) is 0 Å². The summed E-state index contributed by atoms with van der Waals surface area (Å²) >= 11 is 0. The number of methoxy groups -OCH3 is 1. The van der Waals surface area contributed by atoms with Crippen LogP contribution in [0.5, 0.6) is 0 Å².